The fourth-order valence-electron chi connectivity index (χ4n) is 0.355. The summed E-state index contributed by atoms with van der Waals surface area (Å²) in [5.74, 6) is -1.00. The fraction of sp³-hybridized carbons (Fsp3) is 0.500. The summed E-state index contributed by atoms with van der Waals surface area (Å²) in [7, 11) is 1.36. The molecule has 10 heavy (non-hydrogen) atoms. The zero-order valence-electron chi connectivity index (χ0n) is 5.79. The van der Waals surface area contributed by atoms with Crippen molar-refractivity contribution in [3.05, 3.63) is 12.2 Å². The molecule has 0 heterocycles. The summed E-state index contributed by atoms with van der Waals surface area (Å²) in [4.78, 5) is 18.8. The van der Waals surface area contributed by atoms with Gasteiger partial charge in [-0.25, -0.2) is 14.6 Å². The molecule has 0 unspecified atom stereocenters. The number of rotatable bonds is 5. The second kappa shape index (κ2) is 4.96. The monoisotopic (exact) mass is 146 g/mol. The maximum absolute atomic E-state index is 10.1. The van der Waals surface area contributed by atoms with Crippen LogP contribution in [0.3, 0.4) is 0 Å². The third-order valence-corrected chi connectivity index (χ3v) is 0.907. The minimum Gasteiger partial charge on any atom is -0.478 e. The molecule has 0 amide bonds. The lowest BCUT2D eigenvalue weighted by Gasteiger charge is -1.98. The van der Waals surface area contributed by atoms with Crippen molar-refractivity contribution in [2.45, 2.75) is 6.42 Å². The SMILES string of the molecule is C=C(CCOOC)C(=O)O. The molecule has 4 nitrogen and oxygen atoms in total. The molecule has 0 radical (unpaired) electrons. The van der Waals surface area contributed by atoms with Gasteiger partial charge in [-0.1, -0.05) is 6.58 Å². The third kappa shape index (κ3) is 4.05. The van der Waals surface area contributed by atoms with Crippen molar-refractivity contribution in [2.24, 2.45) is 0 Å². The van der Waals surface area contributed by atoms with Crippen LogP contribution in [0.5, 0.6) is 0 Å². The molecule has 0 atom stereocenters. The quantitative estimate of drug-likeness (QED) is 0.267. The molecule has 0 aliphatic rings. The van der Waals surface area contributed by atoms with E-state index in [4.69, 9.17) is 5.11 Å². The van der Waals surface area contributed by atoms with E-state index in [1.807, 2.05) is 0 Å². The number of carboxylic acids is 1. The second-order valence-corrected chi connectivity index (χ2v) is 1.65. The molecule has 0 saturated heterocycles. The van der Waals surface area contributed by atoms with Gasteiger partial charge >= 0.3 is 5.97 Å². The van der Waals surface area contributed by atoms with Gasteiger partial charge in [0.1, 0.15) is 0 Å². The highest BCUT2D eigenvalue weighted by molar-refractivity contribution is 5.85. The van der Waals surface area contributed by atoms with Crippen molar-refractivity contribution < 1.29 is 19.7 Å². The van der Waals surface area contributed by atoms with E-state index in [0.717, 1.165) is 0 Å². The molecule has 0 fully saturated rings. The Morgan fingerprint density at radius 2 is 2.30 bits per heavy atom. The topological polar surface area (TPSA) is 55.8 Å². The largest absolute Gasteiger partial charge is 0.478 e. The first-order chi connectivity index (χ1) is 4.68. The maximum atomic E-state index is 10.1. The van der Waals surface area contributed by atoms with Gasteiger partial charge in [0, 0.05) is 12.0 Å². The highest BCUT2D eigenvalue weighted by atomic mass is 17.2. The van der Waals surface area contributed by atoms with Crippen molar-refractivity contribution in [3.8, 4) is 0 Å². The normalized spacial score (nSPS) is 9.30. The van der Waals surface area contributed by atoms with E-state index in [1.54, 1.807) is 0 Å². The maximum Gasteiger partial charge on any atom is 0.331 e. The van der Waals surface area contributed by atoms with Gasteiger partial charge in [0.15, 0.2) is 0 Å². The van der Waals surface area contributed by atoms with Crippen LogP contribution in [-0.2, 0) is 14.6 Å². The van der Waals surface area contributed by atoms with Crippen molar-refractivity contribution in [2.75, 3.05) is 13.7 Å². The molecule has 58 valence electrons. The van der Waals surface area contributed by atoms with E-state index < -0.39 is 5.97 Å². The van der Waals surface area contributed by atoms with Gasteiger partial charge in [0.05, 0.1) is 13.7 Å². The predicted molar refractivity (Wildman–Crippen MR) is 34.4 cm³/mol. The first-order valence-corrected chi connectivity index (χ1v) is 2.75. The highest BCUT2D eigenvalue weighted by Gasteiger charge is 2.02. The molecule has 0 aliphatic carbocycles. The van der Waals surface area contributed by atoms with Gasteiger partial charge in [-0.2, -0.15) is 0 Å². The van der Waals surface area contributed by atoms with Crippen LogP contribution >= 0.6 is 0 Å². The number of hydrogen-bond donors (Lipinski definition) is 1. The Morgan fingerprint density at radius 3 is 2.70 bits per heavy atom. The number of hydrogen-bond acceptors (Lipinski definition) is 3. The highest BCUT2D eigenvalue weighted by Crippen LogP contribution is 1.97. The minimum absolute atomic E-state index is 0.122. The average molecular weight is 146 g/mol. The lowest BCUT2D eigenvalue weighted by Crippen LogP contribution is -2.02. The van der Waals surface area contributed by atoms with Crippen molar-refractivity contribution in [3.63, 3.8) is 0 Å². The third-order valence-electron chi connectivity index (χ3n) is 0.907. The molecule has 0 aromatic carbocycles. The number of aliphatic carboxylic acids is 1. The van der Waals surface area contributed by atoms with Crippen LogP contribution in [0.4, 0.5) is 0 Å². The summed E-state index contributed by atoms with van der Waals surface area (Å²) in [6, 6.07) is 0. The molecule has 0 rings (SSSR count). The standard InChI is InChI=1S/C6H10O4/c1-5(6(7)8)3-4-10-9-2/h1,3-4H2,2H3,(H,7,8). The van der Waals surface area contributed by atoms with Gasteiger partial charge in [0.2, 0.25) is 0 Å². The van der Waals surface area contributed by atoms with E-state index >= 15 is 0 Å². The Kier molecular flexibility index (Phi) is 4.53. The molecule has 0 aliphatic heterocycles. The van der Waals surface area contributed by atoms with Crippen molar-refractivity contribution >= 4 is 5.97 Å². The van der Waals surface area contributed by atoms with Crippen LogP contribution < -0.4 is 0 Å². The Balaban J connectivity index is 3.31. The van der Waals surface area contributed by atoms with E-state index in [1.165, 1.54) is 7.11 Å². The summed E-state index contributed by atoms with van der Waals surface area (Å²) >= 11 is 0. The minimum atomic E-state index is -1.00. The van der Waals surface area contributed by atoms with Crippen molar-refractivity contribution in [1.29, 1.82) is 0 Å². The van der Waals surface area contributed by atoms with Gasteiger partial charge in [-0.15, -0.1) is 0 Å². The molecule has 0 spiro atoms. The van der Waals surface area contributed by atoms with E-state index in [0.29, 0.717) is 0 Å². The molecule has 0 bridgehead atoms. The Morgan fingerprint density at radius 1 is 1.70 bits per heavy atom. The van der Waals surface area contributed by atoms with Gasteiger partial charge < -0.3 is 5.11 Å². The van der Waals surface area contributed by atoms with Crippen LogP contribution in [0.25, 0.3) is 0 Å². The van der Waals surface area contributed by atoms with E-state index in [9.17, 15) is 4.79 Å². The molecule has 0 saturated carbocycles. The van der Waals surface area contributed by atoms with Crippen molar-refractivity contribution in [1.82, 2.24) is 0 Å². The molecule has 1 N–H and O–H groups in total. The first-order valence-electron chi connectivity index (χ1n) is 2.75. The number of carboxylic acid groups (broad SMARTS) is 1. The predicted octanol–water partition coefficient (Wildman–Crippen LogP) is 0.595. The molecule has 0 aromatic rings. The Bertz CT molecular complexity index is 130. The zero-order valence-corrected chi connectivity index (χ0v) is 5.79. The summed E-state index contributed by atoms with van der Waals surface area (Å²) < 4.78 is 0. The first kappa shape index (κ1) is 9.13. The van der Waals surface area contributed by atoms with Gasteiger partial charge in [-0.3, -0.25) is 0 Å². The summed E-state index contributed by atoms with van der Waals surface area (Å²) in [6.07, 6.45) is 0.281. The zero-order chi connectivity index (χ0) is 7.98. The Labute approximate surface area is 59.0 Å². The van der Waals surface area contributed by atoms with E-state index in [-0.39, 0.29) is 18.6 Å². The van der Waals surface area contributed by atoms with Gasteiger partial charge in [0.25, 0.3) is 0 Å². The molecule has 4 heteroatoms. The van der Waals surface area contributed by atoms with Gasteiger partial charge in [-0.05, 0) is 0 Å². The van der Waals surface area contributed by atoms with Crippen LogP contribution in [0.1, 0.15) is 6.42 Å². The molecular formula is C6H10O4. The summed E-state index contributed by atoms with van der Waals surface area (Å²) in [5, 5.41) is 8.29. The average Bonchev–Trinajstić information content (AvgIpc) is 1.88. The summed E-state index contributed by atoms with van der Waals surface area (Å²) in [5.41, 5.74) is 0.122. The summed E-state index contributed by atoms with van der Waals surface area (Å²) in [6.45, 7) is 3.51. The Hall–Kier alpha value is -0.870. The molecule has 0 aromatic heterocycles. The van der Waals surface area contributed by atoms with Crippen LogP contribution in [0.15, 0.2) is 12.2 Å². The van der Waals surface area contributed by atoms with Crippen LogP contribution in [0.2, 0.25) is 0 Å². The fourth-order valence-corrected chi connectivity index (χ4v) is 0.355. The lowest BCUT2D eigenvalue weighted by atomic mass is 10.2. The van der Waals surface area contributed by atoms with Crippen LogP contribution in [0, 0.1) is 0 Å². The second-order valence-electron chi connectivity index (χ2n) is 1.65. The van der Waals surface area contributed by atoms with E-state index in [2.05, 4.69) is 16.4 Å². The number of carbonyl (C=O) groups is 1. The smallest absolute Gasteiger partial charge is 0.331 e. The lowest BCUT2D eigenvalue weighted by molar-refractivity contribution is -0.271. The van der Waals surface area contributed by atoms with Crippen LogP contribution in [-0.4, -0.2) is 24.8 Å². The molecular weight excluding hydrogens is 136 g/mol.